The van der Waals surface area contributed by atoms with Gasteiger partial charge in [-0.25, -0.2) is 0 Å². The highest BCUT2D eigenvalue weighted by Gasteiger charge is 2.28. The van der Waals surface area contributed by atoms with Gasteiger partial charge in [0.1, 0.15) is 0 Å². The Kier molecular flexibility index (Phi) is 9.08. The van der Waals surface area contributed by atoms with E-state index in [1.807, 2.05) is 0 Å². The van der Waals surface area contributed by atoms with Crippen molar-refractivity contribution in [2.45, 2.75) is 78.1 Å². The third-order valence-corrected chi connectivity index (χ3v) is 8.40. The van der Waals surface area contributed by atoms with Gasteiger partial charge in [0.15, 0.2) is 11.5 Å². The zero-order chi connectivity index (χ0) is 23.9. The van der Waals surface area contributed by atoms with Gasteiger partial charge < -0.3 is 9.47 Å². The summed E-state index contributed by atoms with van der Waals surface area (Å²) in [5, 5.41) is 0. The van der Waals surface area contributed by atoms with E-state index in [2.05, 4.69) is 31.2 Å². The summed E-state index contributed by atoms with van der Waals surface area (Å²) in [5.41, 5.74) is 0. The highest BCUT2D eigenvalue weighted by molar-refractivity contribution is 5.35. The van der Waals surface area contributed by atoms with E-state index < -0.39 is 11.6 Å². The normalized spacial score (nSPS) is 32.1. The first kappa shape index (κ1) is 25.3. The van der Waals surface area contributed by atoms with Gasteiger partial charge in [0.25, 0.3) is 0 Å². The topological polar surface area (TPSA) is 18.5 Å². The number of benzene rings is 1. The van der Waals surface area contributed by atoms with Gasteiger partial charge in [-0.2, -0.15) is 8.78 Å². The average Bonchev–Trinajstić information content (AvgIpc) is 2.87. The van der Waals surface area contributed by atoms with Crippen molar-refractivity contribution in [3.05, 3.63) is 48.1 Å². The van der Waals surface area contributed by atoms with Crippen molar-refractivity contribution in [3.63, 3.8) is 0 Å². The summed E-state index contributed by atoms with van der Waals surface area (Å²) in [6.07, 6.45) is 22.8. The van der Waals surface area contributed by atoms with Crippen LogP contribution in [0.1, 0.15) is 78.1 Å². The quantitative estimate of drug-likeness (QED) is 0.353. The molecule has 0 spiro atoms. The van der Waals surface area contributed by atoms with Crippen molar-refractivity contribution in [2.24, 2.45) is 35.5 Å². The summed E-state index contributed by atoms with van der Waals surface area (Å²) in [7, 11) is 0. The summed E-state index contributed by atoms with van der Waals surface area (Å²) >= 11 is 0. The molecule has 0 saturated heterocycles. The second kappa shape index (κ2) is 12.2. The van der Waals surface area contributed by atoms with Crippen LogP contribution in [0.3, 0.4) is 0 Å². The van der Waals surface area contributed by atoms with Gasteiger partial charge in [0.05, 0.1) is 13.2 Å². The van der Waals surface area contributed by atoms with E-state index in [1.165, 1.54) is 63.5 Å². The first-order valence-corrected chi connectivity index (χ1v) is 13.6. The molecular weight excluding hydrogens is 430 g/mol. The van der Waals surface area contributed by atoms with Crippen molar-refractivity contribution in [2.75, 3.05) is 13.2 Å². The summed E-state index contributed by atoms with van der Waals surface area (Å²) in [6.45, 7) is 4.80. The third kappa shape index (κ3) is 6.64. The molecule has 0 aromatic heterocycles. The van der Waals surface area contributed by atoms with E-state index in [-0.39, 0.29) is 17.4 Å². The molecule has 4 heteroatoms. The van der Waals surface area contributed by atoms with Gasteiger partial charge in [0, 0.05) is 5.92 Å². The van der Waals surface area contributed by atoms with Crippen LogP contribution in [-0.4, -0.2) is 13.2 Å². The molecule has 0 N–H and O–H groups in total. The lowest BCUT2D eigenvalue weighted by Gasteiger charge is -2.34. The third-order valence-electron chi connectivity index (χ3n) is 8.40. The lowest BCUT2D eigenvalue weighted by atomic mass is 9.71. The predicted octanol–water partition coefficient (Wildman–Crippen LogP) is 8.51. The van der Waals surface area contributed by atoms with Gasteiger partial charge in [0.2, 0.25) is 11.6 Å². The number of hydrogen-bond donors (Lipinski definition) is 0. The number of ether oxygens (including phenoxy) is 2. The minimum Gasteiger partial charge on any atom is -0.491 e. The molecule has 188 valence electrons. The van der Waals surface area contributed by atoms with Crippen molar-refractivity contribution in [1.29, 1.82) is 0 Å². The minimum absolute atomic E-state index is 0.0365. The Bertz CT molecular complexity index is 832. The second-order valence-electron chi connectivity index (χ2n) is 10.9. The molecular formula is C30H42F2O2. The standard InChI is InChI=1S/C30H42F2O2/c1-3-33-27-18-19-28(30(32)29(27)31)34-20-24-12-16-26(17-13-24)25-14-10-23(11-15-25)9-8-22-6-4-21(2)5-7-22/h8-9,12,16,18-19,21-26H,3-7,10-11,13-15,17,20H2,1-2H3/b9-8+. The Morgan fingerprint density at radius 3 is 1.91 bits per heavy atom. The van der Waals surface area contributed by atoms with E-state index in [1.54, 1.807) is 6.92 Å². The van der Waals surface area contributed by atoms with Crippen LogP contribution in [-0.2, 0) is 0 Å². The molecule has 4 rings (SSSR count). The molecule has 2 fully saturated rings. The van der Waals surface area contributed by atoms with Crippen molar-refractivity contribution in [1.82, 2.24) is 0 Å². The molecule has 0 radical (unpaired) electrons. The summed E-state index contributed by atoms with van der Waals surface area (Å²) in [6, 6.07) is 2.89. The Morgan fingerprint density at radius 2 is 1.35 bits per heavy atom. The fourth-order valence-electron chi connectivity index (χ4n) is 6.08. The lowest BCUT2D eigenvalue weighted by molar-refractivity contribution is 0.206. The Hall–Kier alpha value is -1.84. The number of allylic oxidation sites excluding steroid dienone is 3. The molecule has 0 aliphatic heterocycles. The van der Waals surface area contributed by atoms with Gasteiger partial charge in [-0.1, -0.05) is 44.1 Å². The van der Waals surface area contributed by atoms with Crippen LogP contribution in [0, 0.1) is 47.1 Å². The van der Waals surface area contributed by atoms with Crippen LogP contribution in [0.4, 0.5) is 8.78 Å². The van der Waals surface area contributed by atoms with Crippen LogP contribution in [0.5, 0.6) is 11.5 Å². The first-order valence-electron chi connectivity index (χ1n) is 13.6. The molecule has 0 amide bonds. The Balaban J connectivity index is 1.19. The zero-order valence-electron chi connectivity index (χ0n) is 21.0. The van der Waals surface area contributed by atoms with Gasteiger partial charge >= 0.3 is 0 Å². The van der Waals surface area contributed by atoms with Gasteiger partial charge in [-0.3, -0.25) is 0 Å². The van der Waals surface area contributed by atoms with Crippen LogP contribution >= 0.6 is 0 Å². The molecule has 2 nitrogen and oxygen atoms in total. The summed E-state index contributed by atoms with van der Waals surface area (Å²) in [5.74, 6) is 2.17. The maximum absolute atomic E-state index is 14.2. The van der Waals surface area contributed by atoms with Gasteiger partial charge in [-0.05, 0) is 100 Å². The van der Waals surface area contributed by atoms with Crippen LogP contribution in [0.25, 0.3) is 0 Å². The molecule has 0 heterocycles. The molecule has 3 aliphatic carbocycles. The number of rotatable bonds is 8. The fourth-order valence-corrected chi connectivity index (χ4v) is 6.08. The summed E-state index contributed by atoms with van der Waals surface area (Å²) < 4.78 is 39.0. The molecule has 0 bridgehead atoms. The maximum Gasteiger partial charge on any atom is 0.204 e. The molecule has 3 aliphatic rings. The van der Waals surface area contributed by atoms with E-state index in [4.69, 9.17) is 9.47 Å². The Morgan fingerprint density at radius 1 is 0.765 bits per heavy atom. The molecule has 2 atom stereocenters. The second-order valence-corrected chi connectivity index (χ2v) is 10.9. The molecule has 34 heavy (non-hydrogen) atoms. The maximum atomic E-state index is 14.2. The predicted molar refractivity (Wildman–Crippen MR) is 134 cm³/mol. The van der Waals surface area contributed by atoms with E-state index in [9.17, 15) is 8.78 Å². The number of hydrogen-bond acceptors (Lipinski definition) is 2. The van der Waals surface area contributed by atoms with Crippen molar-refractivity contribution < 1.29 is 18.3 Å². The zero-order valence-corrected chi connectivity index (χ0v) is 21.0. The van der Waals surface area contributed by atoms with E-state index in [0.29, 0.717) is 19.1 Å². The van der Waals surface area contributed by atoms with Crippen LogP contribution < -0.4 is 9.47 Å². The number of halogens is 2. The Labute approximate surface area is 204 Å². The monoisotopic (exact) mass is 472 g/mol. The highest BCUT2D eigenvalue weighted by Crippen LogP contribution is 2.40. The smallest absolute Gasteiger partial charge is 0.204 e. The van der Waals surface area contributed by atoms with E-state index >= 15 is 0 Å². The van der Waals surface area contributed by atoms with Crippen LogP contribution in [0.15, 0.2) is 36.4 Å². The molecule has 2 unspecified atom stereocenters. The molecule has 2 saturated carbocycles. The largest absolute Gasteiger partial charge is 0.491 e. The fraction of sp³-hybridized carbons (Fsp3) is 0.667. The SMILES string of the molecule is CCOc1ccc(OCC2C=CC(C3CCC(/C=C/C4CCC(C)CC4)CC3)CC2)c(F)c1F. The van der Waals surface area contributed by atoms with E-state index in [0.717, 1.165) is 36.5 Å². The first-order chi connectivity index (χ1) is 16.5. The highest BCUT2D eigenvalue weighted by atomic mass is 19.2. The molecule has 1 aromatic rings. The summed E-state index contributed by atoms with van der Waals surface area (Å²) in [4.78, 5) is 0. The average molecular weight is 473 g/mol. The van der Waals surface area contributed by atoms with Gasteiger partial charge in [-0.15, -0.1) is 0 Å². The lowest BCUT2D eigenvalue weighted by Crippen LogP contribution is -2.24. The van der Waals surface area contributed by atoms with Crippen molar-refractivity contribution >= 4 is 0 Å². The minimum atomic E-state index is -0.975. The van der Waals surface area contributed by atoms with Crippen LogP contribution in [0.2, 0.25) is 0 Å². The molecule has 1 aromatic carbocycles. The van der Waals surface area contributed by atoms with Crippen molar-refractivity contribution in [3.8, 4) is 11.5 Å².